The molecule has 0 aromatic heterocycles. The Hall–Kier alpha value is -0.120. The summed E-state index contributed by atoms with van der Waals surface area (Å²) in [6, 6.07) is 0. The van der Waals surface area contributed by atoms with E-state index in [4.69, 9.17) is 4.74 Å². The summed E-state index contributed by atoms with van der Waals surface area (Å²) < 4.78 is 5.94. The molecule has 0 radical (unpaired) electrons. The minimum Gasteiger partial charge on any atom is -0.376 e. The Morgan fingerprint density at radius 2 is 1.88 bits per heavy atom. The van der Waals surface area contributed by atoms with Crippen molar-refractivity contribution in [3.05, 3.63) is 0 Å². The lowest BCUT2D eigenvalue weighted by molar-refractivity contribution is 0.0353. The average Bonchev–Trinajstić information content (AvgIpc) is 2.74. The summed E-state index contributed by atoms with van der Waals surface area (Å²) in [6.45, 7) is 14.3. The van der Waals surface area contributed by atoms with Crippen molar-refractivity contribution in [3.8, 4) is 0 Å². The highest BCUT2D eigenvalue weighted by atomic mass is 16.5. The quantitative estimate of drug-likeness (QED) is 0.741. The van der Waals surface area contributed by atoms with Crippen molar-refractivity contribution in [2.75, 3.05) is 32.8 Å². The second-order valence-corrected chi connectivity index (χ2v) is 6.08. The molecule has 1 saturated heterocycles. The maximum absolute atomic E-state index is 5.94. The molecule has 0 aliphatic carbocycles. The molecule has 1 aliphatic heterocycles. The molecule has 1 atom stereocenters. The Morgan fingerprint density at radius 3 is 2.41 bits per heavy atom. The van der Waals surface area contributed by atoms with E-state index in [0.717, 1.165) is 26.1 Å². The molecule has 1 fully saturated rings. The maximum Gasteiger partial charge on any atom is 0.0697 e. The third kappa shape index (κ3) is 7.02. The van der Waals surface area contributed by atoms with Gasteiger partial charge in [0.15, 0.2) is 0 Å². The van der Waals surface area contributed by atoms with E-state index in [1.807, 2.05) is 0 Å². The highest BCUT2D eigenvalue weighted by molar-refractivity contribution is 4.73. The molecule has 17 heavy (non-hydrogen) atoms. The van der Waals surface area contributed by atoms with Crippen LogP contribution in [0, 0.1) is 0 Å². The zero-order chi connectivity index (χ0) is 12.7. The van der Waals surface area contributed by atoms with Gasteiger partial charge in [-0.25, -0.2) is 0 Å². The highest BCUT2D eigenvalue weighted by Gasteiger charge is 2.15. The molecule has 0 amide bonds. The van der Waals surface area contributed by atoms with Crippen LogP contribution in [0.5, 0.6) is 0 Å². The van der Waals surface area contributed by atoms with Crippen molar-refractivity contribution in [2.45, 2.75) is 58.6 Å². The molecular formula is C14H30N2O. The molecule has 0 spiro atoms. The number of hydrogen-bond donors (Lipinski definition) is 1. The summed E-state index contributed by atoms with van der Waals surface area (Å²) in [5, 5.41) is 3.51. The van der Waals surface area contributed by atoms with Gasteiger partial charge in [-0.15, -0.1) is 0 Å². The molecule has 1 N–H and O–H groups in total. The third-order valence-electron chi connectivity index (χ3n) is 3.28. The summed E-state index contributed by atoms with van der Waals surface area (Å²) in [5.41, 5.74) is 0.186. The fraction of sp³-hybridized carbons (Fsp3) is 1.00. The Bertz CT molecular complexity index is 195. The Balaban J connectivity index is 2.09. The predicted octanol–water partition coefficient (Wildman–Crippen LogP) is 2.27. The molecule has 3 nitrogen and oxygen atoms in total. The van der Waals surface area contributed by atoms with Gasteiger partial charge in [0.05, 0.1) is 12.7 Å². The van der Waals surface area contributed by atoms with Crippen LogP contribution < -0.4 is 5.32 Å². The van der Waals surface area contributed by atoms with Crippen molar-refractivity contribution >= 4 is 0 Å². The van der Waals surface area contributed by atoms with Crippen LogP contribution in [0.1, 0.15) is 47.0 Å². The van der Waals surface area contributed by atoms with Crippen molar-refractivity contribution in [1.82, 2.24) is 10.2 Å². The fourth-order valence-corrected chi connectivity index (χ4v) is 2.10. The molecule has 102 valence electrons. The van der Waals surface area contributed by atoms with Gasteiger partial charge in [-0.3, -0.25) is 0 Å². The SMILES string of the molecule is CCC(CNC(C)(C)C)OCCN1CCCC1. The summed E-state index contributed by atoms with van der Waals surface area (Å²) >= 11 is 0. The molecule has 0 aromatic rings. The third-order valence-corrected chi connectivity index (χ3v) is 3.28. The lowest BCUT2D eigenvalue weighted by Gasteiger charge is -2.25. The molecule has 0 aromatic carbocycles. The Labute approximate surface area is 107 Å². The smallest absolute Gasteiger partial charge is 0.0697 e. The summed E-state index contributed by atoms with van der Waals surface area (Å²) in [7, 11) is 0. The summed E-state index contributed by atoms with van der Waals surface area (Å²) in [6.07, 6.45) is 4.17. The van der Waals surface area contributed by atoms with Crippen LogP contribution in [0.15, 0.2) is 0 Å². The molecular weight excluding hydrogens is 212 g/mol. The van der Waals surface area contributed by atoms with Gasteiger partial charge in [0.25, 0.3) is 0 Å². The first-order valence-electron chi connectivity index (χ1n) is 7.10. The normalized spacial score (nSPS) is 19.8. The first kappa shape index (κ1) is 14.9. The van der Waals surface area contributed by atoms with Crippen molar-refractivity contribution < 1.29 is 4.74 Å². The number of likely N-dealkylation sites (tertiary alicyclic amines) is 1. The second kappa shape index (κ2) is 7.34. The van der Waals surface area contributed by atoms with Crippen LogP contribution in [0.4, 0.5) is 0 Å². The van der Waals surface area contributed by atoms with Gasteiger partial charge in [-0.1, -0.05) is 6.92 Å². The van der Waals surface area contributed by atoms with Crippen molar-refractivity contribution in [1.29, 1.82) is 0 Å². The van der Waals surface area contributed by atoms with E-state index in [1.54, 1.807) is 0 Å². The molecule has 1 aliphatic rings. The van der Waals surface area contributed by atoms with Gasteiger partial charge >= 0.3 is 0 Å². The lowest BCUT2D eigenvalue weighted by Crippen LogP contribution is -2.42. The van der Waals surface area contributed by atoms with Crippen LogP contribution in [0.3, 0.4) is 0 Å². The number of nitrogens with zero attached hydrogens (tertiary/aromatic N) is 1. The van der Waals surface area contributed by atoms with E-state index in [9.17, 15) is 0 Å². The van der Waals surface area contributed by atoms with Crippen LogP contribution in [0.2, 0.25) is 0 Å². The van der Waals surface area contributed by atoms with E-state index < -0.39 is 0 Å². The van der Waals surface area contributed by atoms with E-state index >= 15 is 0 Å². The minimum absolute atomic E-state index is 0.186. The molecule has 1 unspecified atom stereocenters. The predicted molar refractivity (Wildman–Crippen MR) is 73.5 cm³/mol. The number of nitrogens with one attached hydrogen (secondary N) is 1. The second-order valence-electron chi connectivity index (χ2n) is 6.08. The zero-order valence-corrected chi connectivity index (χ0v) is 12.1. The van der Waals surface area contributed by atoms with Crippen molar-refractivity contribution in [3.63, 3.8) is 0 Å². The Morgan fingerprint density at radius 1 is 1.24 bits per heavy atom. The monoisotopic (exact) mass is 242 g/mol. The first-order chi connectivity index (χ1) is 8.01. The number of rotatable bonds is 7. The van der Waals surface area contributed by atoms with Crippen LogP contribution in [0.25, 0.3) is 0 Å². The van der Waals surface area contributed by atoms with E-state index in [2.05, 4.69) is 37.9 Å². The minimum atomic E-state index is 0.186. The standard InChI is InChI=1S/C14H30N2O/c1-5-13(12-15-14(2,3)4)17-11-10-16-8-6-7-9-16/h13,15H,5-12H2,1-4H3. The fourth-order valence-electron chi connectivity index (χ4n) is 2.10. The molecule has 3 heteroatoms. The van der Waals surface area contributed by atoms with E-state index in [0.29, 0.717) is 6.10 Å². The summed E-state index contributed by atoms with van der Waals surface area (Å²) in [4.78, 5) is 2.50. The van der Waals surface area contributed by atoms with E-state index in [-0.39, 0.29) is 5.54 Å². The Kier molecular flexibility index (Phi) is 6.45. The largest absolute Gasteiger partial charge is 0.376 e. The van der Waals surface area contributed by atoms with Gasteiger partial charge in [-0.05, 0) is 53.1 Å². The number of ether oxygens (including phenoxy) is 1. The van der Waals surface area contributed by atoms with Gasteiger partial charge in [0.1, 0.15) is 0 Å². The van der Waals surface area contributed by atoms with Crippen LogP contribution in [-0.2, 0) is 4.74 Å². The lowest BCUT2D eigenvalue weighted by atomic mass is 10.1. The van der Waals surface area contributed by atoms with Gasteiger partial charge in [-0.2, -0.15) is 0 Å². The van der Waals surface area contributed by atoms with Gasteiger partial charge in [0, 0.05) is 18.6 Å². The molecule has 0 saturated carbocycles. The molecule has 0 bridgehead atoms. The topological polar surface area (TPSA) is 24.5 Å². The van der Waals surface area contributed by atoms with Crippen molar-refractivity contribution in [2.24, 2.45) is 0 Å². The summed E-state index contributed by atoms with van der Waals surface area (Å²) in [5.74, 6) is 0. The van der Waals surface area contributed by atoms with E-state index in [1.165, 1.54) is 25.9 Å². The molecule has 1 heterocycles. The van der Waals surface area contributed by atoms with Gasteiger partial charge < -0.3 is 15.0 Å². The first-order valence-corrected chi connectivity index (χ1v) is 7.10. The highest BCUT2D eigenvalue weighted by Crippen LogP contribution is 2.07. The number of hydrogen-bond acceptors (Lipinski definition) is 3. The maximum atomic E-state index is 5.94. The van der Waals surface area contributed by atoms with Crippen LogP contribution >= 0.6 is 0 Å². The van der Waals surface area contributed by atoms with Gasteiger partial charge in [0.2, 0.25) is 0 Å². The zero-order valence-electron chi connectivity index (χ0n) is 12.1. The van der Waals surface area contributed by atoms with Crippen LogP contribution in [-0.4, -0.2) is 49.3 Å². The average molecular weight is 242 g/mol. The molecule has 1 rings (SSSR count).